The monoisotopic (exact) mass is 472 g/mol. The number of sulfonamides is 1. The maximum atomic E-state index is 12.2. The normalized spacial score (nSPS) is 11.2. The minimum atomic E-state index is -3.57. The van der Waals surface area contributed by atoms with Crippen LogP contribution in [0.15, 0.2) is 69.1 Å². The molecule has 0 fully saturated rings. The van der Waals surface area contributed by atoms with Crippen molar-refractivity contribution >= 4 is 73.6 Å². The van der Waals surface area contributed by atoms with Gasteiger partial charge in [-0.25, -0.2) is 8.42 Å². The van der Waals surface area contributed by atoms with Crippen molar-refractivity contribution in [2.45, 2.75) is 9.10 Å². The number of carbonyl (C=O) groups is 1. The van der Waals surface area contributed by atoms with Gasteiger partial charge < -0.3 is 5.32 Å². The molecule has 0 atom stereocenters. The van der Waals surface area contributed by atoms with E-state index < -0.39 is 10.0 Å². The molecule has 0 aliphatic rings. The highest BCUT2D eigenvalue weighted by Crippen LogP contribution is 2.25. The minimum Gasteiger partial charge on any atom is -0.325 e. The fourth-order valence-corrected chi connectivity index (χ4v) is 5.49. The second-order valence-corrected chi connectivity index (χ2v) is 10.3. The van der Waals surface area contributed by atoms with Crippen LogP contribution in [0.25, 0.3) is 0 Å². The summed E-state index contributed by atoms with van der Waals surface area (Å²) in [5, 5.41) is 5.32. The van der Waals surface area contributed by atoms with Crippen molar-refractivity contribution in [3.63, 3.8) is 0 Å². The molecule has 1 amide bonds. The highest BCUT2D eigenvalue weighted by Gasteiger charge is 2.15. The smallest absolute Gasteiger partial charge is 0.271 e. The van der Waals surface area contributed by atoms with E-state index in [0.717, 1.165) is 16.2 Å². The molecule has 10 heteroatoms. The fraction of sp³-hybridized carbons (Fsp3) is 0.0556. The van der Waals surface area contributed by atoms with Gasteiger partial charge in [-0.2, -0.15) is 0 Å². The standard InChI is InChI=1S/C18H14Cl2N2O3S3/c19-12-8-13(20)10-15(9-12)21-17(23)11-27-16-5-3-14(4-6-16)22-28(24,25)18-2-1-7-26-18/h1-10,22H,11H2,(H,21,23). The van der Waals surface area contributed by atoms with Crippen LogP contribution in [0.5, 0.6) is 0 Å². The number of amides is 1. The molecule has 0 radical (unpaired) electrons. The summed E-state index contributed by atoms with van der Waals surface area (Å²) in [6, 6.07) is 14.9. The molecular weight excluding hydrogens is 459 g/mol. The zero-order chi connectivity index (χ0) is 20.1. The molecule has 0 saturated heterocycles. The molecule has 146 valence electrons. The first-order chi connectivity index (χ1) is 13.3. The van der Waals surface area contributed by atoms with Crippen LogP contribution in [-0.4, -0.2) is 20.1 Å². The number of rotatable bonds is 7. The number of halogens is 2. The van der Waals surface area contributed by atoms with E-state index >= 15 is 0 Å². The third kappa shape index (κ3) is 5.89. The third-order valence-electron chi connectivity index (χ3n) is 3.38. The summed E-state index contributed by atoms with van der Waals surface area (Å²) in [6.45, 7) is 0. The van der Waals surface area contributed by atoms with Crippen molar-refractivity contribution in [2.24, 2.45) is 0 Å². The Morgan fingerprint density at radius 2 is 1.68 bits per heavy atom. The van der Waals surface area contributed by atoms with Crippen LogP contribution in [-0.2, 0) is 14.8 Å². The van der Waals surface area contributed by atoms with Gasteiger partial charge in [0.25, 0.3) is 10.0 Å². The Bertz CT molecular complexity index is 1050. The van der Waals surface area contributed by atoms with Crippen LogP contribution in [0.3, 0.4) is 0 Å². The van der Waals surface area contributed by atoms with E-state index in [4.69, 9.17) is 23.2 Å². The van der Waals surface area contributed by atoms with E-state index in [-0.39, 0.29) is 15.9 Å². The Kier molecular flexibility index (Phi) is 6.90. The molecule has 0 unspecified atom stereocenters. The summed E-state index contributed by atoms with van der Waals surface area (Å²) in [5.74, 6) is -0.0180. The summed E-state index contributed by atoms with van der Waals surface area (Å²) in [6.07, 6.45) is 0. The molecular formula is C18H14Cl2N2O3S3. The van der Waals surface area contributed by atoms with Gasteiger partial charge in [-0.15, -0.1) is 23.1 Å². The van der Waals surface area contributed by atoms with Crippen LogP contribution in [0, 0.1) is 0 Å². The van der Waals surface area contributed by atoms with E-state index in [2.05, 4.69) is 10.0 Å². The van der Waals surface area contributed by atoms with Gasteiger partial charge in [0.15, 0.2) is 0 Å². The molecule has 0 aliphatic carbocycles. The van der Waals surface area contributed by atoms with Gasteiger partial charge in [0.1, 0.15) is 4.21 Å². The van der Waals surface area contributed by atoms with Gasteiger partial charge in [0.05, 0.1) is 5.75 Å². The van der Waals surface area contributed by atoms with Crippen molar-refractivity contribution in [1.29, 1.82) is 0 Å². The maximum Gasteiger partial charge on any atom is 0.271 e. The molecule has 1 aromatic heterocycles. The lowest BCUT2D eigenvalue weighted by Gasteiger charge is -2.08. The van der Waals surface area contributed by atoms with Crippen molar-refractivity contribution in [3.8, 4) is 0 Å². The molecule has 2 aromatic carbocycles. The molecule has 28 heavy (non-hydrogen) atoms. The van der Waals surface area contributed by atoms with Crippen molar-refractivity contribution in [2.75, 3.05) is 15.8 Å². The Balaban J connectivity index is 1.55. The highest BCUT2D eigenvalue weighted by atomic mass is 35.5. The lowest BCUT2D eigenvalue weighted by Crippen LogP contribution is -2.14. The van der Waals surface area contributed by atoms with Crippen LogP contribution in [0.2, 0.25) is 10.0 Å². The van der Waals surface area contributed by atoms with E-state index in [0.29, 0.717) is 21.4 Å². The van der Waals surface area contributed by atoms with Crippen LogP contribution in [0.1, 0.15) is 0 Å². The third-order valence-corrected chi connectivity index (χ3v) is 7.61. The fourth-order valence-electron chi connectivity index (χ4n) is 2.21. The largest absolute Gasteiger partial charge is 0.325 e. The second kappa shape index (κ2) is 9.19. The number of thiophene rings is 1. The number of anilines is 2. The van der Waals surface area contributed by atoms with Crippen LogP contribution >= 0.6 is 46.3 Å². The summed E-state index contributed by atoms with van der Waals surface area (Å²) >= 11 is 14.3. The number of hydrogen-bond acceptors (Lipinski definition) is 5. The average molecular weight is 473 g/mol. The summed E-state index contributed by atoms with van der Waals surface area (Å²) < 4.78 is 27.2. The van der Waals surface area contributed by atoms with Gasteiger partial charge in [0.2, 0.25) is 5.91 Å². The summed E-state index contributed by atoms with van der Waals surface area (Å²) in [7, 11) is -3.57. The first-order valence-electron chi connectivity index (χ1n) is 7.87. The Hall–Kier alpha value is -1.71. The maximum absolute atomic E-state index is 12.2. The lowest BCUT2D eigenvalue weighted by atomic mass is 10.3. The Morgan fingerprint density at radius 3 is 2.29 bits per heavy atom. The Labute approximate surface area is 181 Å². The molecule has 0 spiro atoms. The highest BCUT2D eigenvalue weighted by molar-refractivity contribution is 8.00. The average Bonchev–Trinajstić information content (AvgIpc) is 3.15. The second-order valence-electron chi connectivity index (χ2n) is 5.56. The molecule has 3 aromatic rings. The molecule has 2 N–H and O–H groups in total. The van der Waals surface area contributed by atoms with E-state index in [9.17, 15) is 13.2 Å². The predicted molar refractivity (Wildman–Crippen MR) is 117 cm³/mol. The van der Waals surface area contributed by atoms with Crippen molar-refractivity contribution in [3.05, 3.63) is 70.0 Å². The number of hydrogen-bond donors (Lipinski definition) is 2. The van der Waals surface area contributed by atoms with E-state index in [1.54, 1.807) is 60.0 Å². The number of nitrogens with one attached hydrogen (secondary N) is 2. The first-order valence-corrected chi connectivity index (χ1v) is 12.0. The van der Waals surface area contributed by atoms with Gasteiger partial charge in [-0.05, 0) is 53.9 Å². The molecule has 0 aliphatic heterocycles. The minimum absolute atomic E-state index is 0.185. The molecule has 0 saturated carbocycles. The van der Waals surface area contributed by atoms with E-state index in [1.165, 1.54) is 11.8 Å². The van der Waals surface area contributed by atoms with Crippen molar-refractivity contribution in [1.82, 2.24) is 0 Å². The van der Waals surface area contributed by atoms with Gasteiger partial charge in [-0.3, -0.25) is 9.52 Å². The quantitative estimate of drug-likeness (QED) is 0.439. The summed E-state index contributed by atoms with van der Waals surface area (Å²) in [4.78, 5) is 12.9. The number of thioether (sulfide) groups is 1. The lowest BCUT2D eigenvalue weighted by molar-refractivity contribution is -0.113. The zero-order valence-corrected chi connectivity index (χ0v) is 18.1. The molecule has 0 bridgehead atoms. The van der Waals surface area contributed by atoms with E-state index in [1.807, 2.05) is 0 Å². The topological polar surface area (TPSA) is 75.3 Å². The number of carbonyl (C=O) groups excluding carboxylic acids is 1. The summed E-state index contributed by atoms with van der Waals surface area (Å²) in [5.41, 5.74) is 0.984. The molecule has 3 rings (SSSR count). The van der Waals surface area contributed by atoms with Crippen LogP contribution in [0.4, 0.5) is 11.4 Å². The van der Waals surface area contributed by atoms with Gasteiger partial charge in [0, 0.05) is 26.3 Å². The van der Waals surface area contributed by atoms with Crippen molar-refractivity contribution < 1.29 is 13.2 Å². The van der Waals surface area contributed by atoms with Crippen LogP contribution < -0.4 is 10.0 Å². The molecule has 5 nitrogen and oxygen atoms in total. The molecule has 1 heterocycles. The number of benzene rings is 2. The predicted octanol–water partition coefficient (Wildman–Crippen LogP) is 5.59. The zero-order valence-electron chi connectivity index (χ0n) is 14.2. The van der Waals surface area contributed by atoms with Gasteiger partial charge in [-0.1, -0.05) is 29.3 Å². The Morgan fingerprint density at radius 1 is 1.00 bits per heavy atom. The SMILES string of the molecule is O=C(CSc1ccc(NS(=O)(=O)c2cccs2)cc1)Nc1cc(Cl)cc(Cl)c1. The first kappa shape index (κ1) is 21.0. The van der Waals surface area contributed by atoms with Gasteiger partial charge >= 0.3 is 0 Å².